The summed E-state index contributed by atoms with van der Waals surface area (Å²) in [6.07, 6.45) is 1.31. The van der Waals surface area contributed by atoms with Crippen molar-refractivity contribution in [2.45, 2.75) is 25.3 Å². The molecule has 0 aliphatic carbocycles. The van der Waals surface area contributed by atoms with Crippen LogP contribution in [-0.2, 0) is 14.3 Å². The second-order valence-corrected chi connectivity index (χ2v) is 3.20. The van der Waals surface area contributed by atoms with Crippen molar-refractivity contribution in [3.8, 4) is 0 Å². The van der Waals surface area contributed by atoms with Crippen LogP contribution in [0.2, 0.25) is 0 Å². The fourth-order valence-electron chi connectivity index (χ4n) is 0.999. The molecule has 6 heteroatoms. The second kappa shape index (κ2) is 8.19. The smallest absolute Gasteiger partial charge is 0.303 e. The molecular weight excluding hydrogens is 200 g/mol. The lowest BCUT2D eigenvalue weighted by molar-refractivity contribution is -0.137. The minimum Gasteiger partial charge on any atom is -0.481 e. The minimum atomic E-state index is -0.822. The number of unbranched alkanes of at least 4 members (excludes halogenated alkanes) is 1. The third-order valence-electron chi connectivity index (χ3n) is 1.80. The molecule has 15 heavy (non-hydrogen) atoms. The third-order valence-corrected chi connectivity index (χ3v) is 1.80. The highest BCUT2D eigenvalue weighted by Gasteiger charge is 2.11. The number of hydrogen-bond acceptors (Lipinski definition) is 4. The van der Waals surface area contributed by atoms with Crippen LogP contribution < -0.4 is 11.1 Å². The quantitative estimate of drug-likeness (QED) is 0.469. The largest absolute Gasteiger partial charge is 0.481 e. The maximum atomic E-state index is 11.2. The summed E-state index contributed by atoms with van der Waals surface area (Å²) in [7, 11) is 1.47. The molecule has 0 heterocycles. The summed E-state index contributed by atoms with van der Waals surface area (Å²) in [6, 6.07) is -0.658. The van der Waals surface area contributed by atoms with Crippen molar-refractivity contribution in [2.75, 3.05) is 20.3 Å². The maximum absolute atomic E-state index is 11.2. The summed E-state index contributed by atoms with van der Waals surface area (Å²) in [6.45, 7) is 0.629. The molecule has 1 unspecified atom stereocenters. The molecule has 1 amide bonds. The molecule has 1 atom stereocenters. The minimum absolute atomic E-state index is 0.125. The van der Waals surface area contributed by atoms with E-state index in [2.05, 4.69) is 5.32 Å². The first-order chi connectivity index (χ1) is 7.07. The van der Waals surface area contributed by atoms with Crippen LogP contribution in [0.5, 0.6) is 0 Å². The Morgan fingerprint density at radius 2 is 2.13 bits per heavy atom. The molecule has 0 aromatic heterocycles. The zero-order valence-corrected chi connectivity index (χ0v) is 8.86. The van der Waals surface area contributed by atoms with Crippen LogP contribution >= 0.6 is 0 Å². The summed E-state index contributed by atoms with van der Waals surface area (Å²) < 4.78 is 4.72. The van der Waals surface area contributed by atoms with Gasteiger partial charge < -0.3 is 20.9 Å². The van der Waals surface area contributed by atoms with Crippen LogP contribution in [0, 0.1) is 0 Å². The van der Waals surface area contributed by atoms with Gasteiger partial charge in [-0.15, -0.1) is 0 Å². The van der Waals surface area contributed by atoms with Gasteiger partial charge in [-0.1, -0.05) is 0 Å². The van der Waals surface area contributed by atoms with Gasteiger partial charge in [0.05, 0.1) is 6.61 Å². The summed E-state index contributed by atoms with van der Waals surface area (Å²) in [4.78, 5) is 21.4. The SMILES string of the molecule is COCC(N)C(=O)NCCCCC(=O)O. The van der Waals surface area contributed by atoms with E-state index in [1.807, 2.05) is 0 Å². The highest BCUT2D eigenvalue weighted by molar-refractivity contribution is 5.81. The second-order valence-electron chi connectivity index (χ2n) is 3.20. The van der Waals surface area contributed by atoms with Crippen LogP contribution in [0.15, 0.2) is 0 Å². The van der Waals surface area contributed by atoms with Gasteiger partial charge in [-0.2, -0.15) is 0 Å². The highest BCUT2D eigenvalue weighted by Crippen LogP contribution is 1.93. The number of methoxy groups -OCH3 is 1. The van der Waals surface area contributed by atoms with E-state index in [-0.39, 0.29) is 18.9 Å². The van der Waals surface area contributed by atoms with Crippen molar-refractivity contribution < 1.29 is 19.4 Å². The van der Waals surface area contributed by atoms with Crippen molar-refractivity contribution >= 4 is 11.9 Å². The Hall–Kier alpha value is -1.14. The van der Waals surface area contributed by atoms with Gasteiger partial charge in [0.25, 0.3) is 0 Å². The Bertz CT molecular complexity index is 208. The van der Waals surface area contributed by atoms with E-state index in [1.165, 1.54) is 7.11 Å². The Balaban J connectivity index is 3.42. The zero-order valence-electron chi connectivity index (χ0n) is 8.86. The Kier molecular flexibility index (Phi) is 7.57. The summed E-state index contributed by atoms with van der Waals surface area (Å²) in [5.74, 6) is -1.09. The number of rotatable bonds is 8. The number of carbonyl (C=O) groups excluding carboxylic acids is 1. The van der Waals surface area contributed by atoms with Crippen LogP contribution in [0.4, 0.5) is 0 Å². The molecule has 88 valence electrons. The summed E-state index contributed by atoms with van der Waals surface area (Å²) >= 11 is 0. The summed E-state index contributed by atoms with van der Waals surface area (Å²) in [5.41, 5.74) is 5.46. The molecule has 4 N–H and O–H groups in total. The average molecular weight is 218 g/mol. The van der Waals surface area contributed by atoms with Gasteiger partial charge in [0.1, 0.15) is 6.04 Å². The number of ether oxygens (including phenoxy) is 1. The molecule has 0 saturated carbocycles. The highest BCUT2D eigenvalue weighted by atomic mass is 16.5. The number of hydrogen-bond donors (Lipinski definition) is 3. The van der Waals surface area contributed by atoms with Crippen LogP contribution in [-0.4, -0.2) is 43.3 Å². The number of nitrogens with one attached hydrogen (secondary N) is 1. The zero-order chi connectivity index (χ0) is 11.7. The topological polar surface area (TPSA) is 102 Å². The average Bonchev–Trinajstić information content (AvgIpc) is 2.16. The number of carboxylic acids is 1. The normalized spacial score (nSPS) is 12.1. The number of nitrogens with two attached hydrogens (primary N) is 1. The van der Waals surface area contributed by atoms with Crippen LogP contribution in [0.1, 0.15) is 19.3 Å². The Morgan fingerprint density at radius 1 is 1.47 bits per heavy atom. The summed E-state index contributed by atoms with van der Waals surface area (Å²) in [5, 5.41) is 11.0. The molecule has 0 aliphatic heterocycles. The molecule has 6 nitrogen and oxygen atoms in total. The van der Waals surface area contributed by atoms with Gasteiger partial charge in [-0.3, -0.25) is 9.59 Å². The predicted molar refractivity (Wildman–Crippen MR) is 54.3 cm³/mol. The number of aliphatic carboxylic acids is 1. The molecule has 0 bridgehead atoms. The maximum Gasteiger partial charge on any atom is 0.303 e. The van der Waals surface area contributed by atoms with Gasteiger partial charge in [0.2, 0.25) is 5.91 Å². The van der Waals surface area contributed by atoms with Crippen LogP contribution in [0.25, 0.3) is 0 Å². The molecule has 0 aromatic rings. The van der Waals surface area contributed by atoms with Crippen LogP contribution in [0.3, 0.4) is 0 Å². The van der Waals surface area contributed by atoms with Crippen molar-refractivity contribution in [2.24, 2.45) is 5.73 Å². The Labute approximate surface area is 88.8 Å². The van der Waals surface area contributed by atoms with E-state index in [4.69, 9.17) is 15.6 Å². The molecule has 0 fully saturated rings. The van der Waals surface area contributed by atoms with Gasteiger partial charge in [-0.05, 0) is 12.8 Å². The van der Waals surface area contributed by atoms with E-state index in [0.717, 1.165) is 0 Å². The lowest BCUT2D eigenvalue weighted by atomic mass is 10.2. The van der Waals surface area contributed by atoms with Gasteiger partial charge >= 0.3 is 5.97 Å². The predicted octanol–water partition coefficient (Wildman–Crippen LogP) is -0.669. The molecule has 0 rings (SSSR count). The van der Waals surface area contributed by atoms with Gasteiger partial charge in [0.15, 0.2) is 0 Å². The first-order valence-electron chi connectivity index (χ1n) is 4.82. The molecular formula is C9H18N2O4. The molecule has 0 aliphatic rings. The van der Waals surface area contributed by atoms with E-state index in [1.54, 1.807) is 0 Å². The van der Waals surface area contributed by atoms with Crippen molar-refractivity contribution in [3.63, 3.8) is 0 Å². The van der Waals surface area contributed by atoms with E-state index >= 15 is 0 Å². The molecule has 0 radical (unpaired) electrons. The standard InChI is InChI=1S/C9H18N2O4/c1-15-6-7(10)9(14)11-5-3-2-4-8(12)13/h7H,2-6,10H2,1H3,(H,11,14)(H,12,13). The van der Waals surface area contributed by atoms with Crippen molar-refractivity contribution in [1.82, 2.24) is 5.32 Å². The van der Waals surface area contributed by atoms with E-state index in [0.29, 0.717) is 19.4 Å². The van der Waals surface area contributed by atoms with Gasteiger partial charge in [-0.25, -0.2) is 0 Å². The number of carboxylic acid groups (broad SMARTS) is 1. The third kappa shape index (κ3) is 7.90. The fourth-order valence-corrected chi connectivity index (χ4v) is 0.999. The van der Waals surface area contributed by atoms with Crippen molar-refractivity contribution in [1.29, 1.82) is 0 Å². The fraction of sp³-hybridized carbons (Fsp3) is 0.778. The number of carbonyl (C=O) groups is 2. The van der Waals surface area contributed by atoms with E-state index in [9.17, 15) is 9.59 Å². The van der Waals surface area contributed by atoms with Crippen molar-refractivity contribution in [3.05, 3.63) is 0 Å². The molecule has 0 saturated heterocycles. The lowest BCUT2D eigenvalue weighted by Crippen LogP contribution is -2.43. The van der Waals surface area contributed by atoms with E-state index < -0.39 is 12.0 Å². The first-order valence-corrected chi connectivity index (χ1v) is 4.82. The first kappa shape index (κ1) is 13.9. The number of amides is 1. The Morgan fingerprint density at radius 3 is 2.67 bits per heavy atom. The molecule has 0 spiro atoms. The van der Waals surface area contributed by atoms with Gasteiger partial charge in [0, 0.05) is 20.1 Å². The molecule has 0 aromatic carbocycles. The lowest BCUT2D eigenvalue weighted by Gasteiger charge is -2.10. The monoisotopic (exact) mass is 218 g/mol.